The zero-order chi connectivity index (χ0) is 18.8. The topological polar surface area (TPSA) is 59.5 Å². The quantitative estimate of drug-likeness (QED) is 0.880. The predicted octanol–water partition coefficient (Wildman–Crippen LogP) is 3.00. The monoisotopic (exact) mass is 380 g/mol. The van der Waals surface area contributed by atoms with Crippen LogP contribution < -0.4 is 10.2 Å². The summed E-state index contributed by atoms with van der Waals surface area (Å²) in [6.45, 7) is 3.46. The molecule has 1 aromatic heterocycles. The first-order valence-electron chi connectivity index (χ1n) is 10.5. The number of hydrogen-bond acceptors (Lipinski definition) is 6. The Labute approximate surface area is 166 Å². The van der Waals surface area contributed by atoms with Crippen LogP contribution in [0.1, 0.15) is 32.1 Å². The van der Waals surface area contributed by atoms with Crippen molar-refractivity contribution in [2.45, 2.75) is 50.0 Å². The van der Waals surface area contributed by atoms with Gasteiger partial charge in [0.1, 0.15) is 0 Å². The van der Waals surface area contributed by atoms with Gasteiger partial charge in [0.2, 0.25) is 5.95 Å². The number of anilines is 1. The van der Waals surface area contributed by atoms with Crippen LogP contribution in [0.3, 0.4) is 0 Å². The predicted molar refractivity (Wildman–Crippen MR) is 108 cm³/mol. The number of nitrogens with zero attached hydrogens (tertiary/aromatic N) is 3. The lowest BCUT2D eigenvalue weighted by atomic mass is 9.89. The van der Waals surface area contributed by atoms with Crippen molar-refractivity contribution in [1.82, 2.24) is 15.3 Å². The van der Waals surface area contributed by atoms with Gasteiger partial charge in [0.15, 0.2) is 5.79 Å². The highest BCUT2D eigenvalue weighted by molar-refractivity contribution is 5.59. The first-order chi connectivity index (χ1) is 13.8. The molecule has 2 aromatic rings. The van der Waals surface area contributed by atoms with Crippen LogP contribution in [0.5, 0.6) is 0 Å². The Morgan fingerprint density at radius 3 is 2.54 bits per heavy atom. The van der Waals surface area contributed by atoms with Gasteiger partial charge >= 0.3 is 0 Å². The van der Waals surface area contributed by atoms with Crippen molar-refractivity contribution in [2.24, 2.45) is 0 Å². The molecule has 1 spiro atoms. The van der Waals surface area contributed by atoms with Crippen molar-refractivity contribution >= 4 is 5.95 Å². The van der Waals surface area contributed by atoms with Crippen molar-refractivity contribution < 1.29 is 9.47 Å². The van der Waals surface area contributed by atoms with Gasteiger partial charge in [-0.3, -0.25) is 0 Å². The highest BCUT2D eigenvalue weighted by atomic mass is 16.7. The lowest BCUT2D eigenvalue weighted by Crippen LogP contribution is -2.46. The van der Waals surface area contributed by atoms with E-state index in [1.807, 2.05) is 30.5 Å². The van der Waals surface area contributed by atoms with E-state index in [9.17, 15) is 0 Å². The molecule has 3 aliphatic rings. The number of rotatable bonds is 4. The minimum Gasteiger partial charge on any atom is -0.348 e. The van der Waals surface area contributed by atoms with E-state index < -0.39 is 0 Å². The Morgan fingerprint density at radius 2 is 1.75 bits per heavy atom. The summed E-state index contributed by atoms with van der Waals surface area (Å²) >= 11 is 0. The molecule has 1 unspecified atom stereocenters. The molecule has 6 heteroatoms. The third-order valence-corrected chi connectivity index (χ3v) is 6.22. The highest BCUT2D eigenvalue weighted by Gasteiger charge is 2.40. The van der Waals surface area contributed by atoms with E-state index in [-0.39, 0.29) is 5.79 Å². The molecule has 28 heavy (non-hydrogen) atoms. The summed E-state index contributed by atoms with van der Waals surface area (Å²) < 4.78 is 11.7. The van der Waals surface area contributed by atoms with Gasteiger partial charge in [0.05, 0.1) is 18.9 Å². The summed E-state index contributed by atoms with van der Waals surface area (Å²) in [5.41, 5.74) is 2.11. The lowest BCUT2D eigenvalue weighted by Gasteiger charge is -2.36. The molecule has 2 aliphatic heterocycles. The molecular formula is C22H28N4O2. The fourth-order valence-corrected chi connectivity index (χ4v) is 4.69. The molecule has 2 saturated heterocycles. The van der Waals surface area contributed by atoms with Gasteiger partial charge < -0.3 is 19.7 Å². The van der Waals surface area contributed by atoms with E-state index in [4.69, 9.17) is 14.5 Å². The standard InChI is InChI=1S/C22H28N4O2/c1-2-4-17(5-3-1)20-8-12-23-21(25-20)26-13-9-19(16-26)24-18-6-10-22(11-7-18)27-14-15-28-22/h1-5,8,12,18-19,24H,6-7,9-11,13-16H2. The summed E-state index contributed by atoms with van der Waals surface area (Å²) in [7, 11) is 0. The Hall–Kier alpha value is -2.02. The molecule has 148 valence electrons. The van der Waals surface area contributed by atoms with Gasteiger partial charge in [0.25, 0.3) is 0 Å². The molecule has 0 amide bonds. The summed E-state index contributed by atoms with van der Waals surface area (Å²) in [6, 6.07) is 13.3. The van der Waals surface area contributed by atoms with Crippen LogP contribution in [0.25, 0.3) is 11.3 Å². The number of benzene rings is 1. The van der Waals surface area contributed by atoms with Gasteiger partial charge in [0, 0.05) is 49.8 Å². The van der Waals surface area contributed by atoms with Crippen molar-refractivity contribution in [3.8, 4) is 11.3 Å². The van der Waals surface area contributed by atoms with E-state index in [1.165, 1.54) is 0 Å². The summed E-state index contributed by atoms with van der Waals surface area (Å²) in [6.07, 6.45) is 7.25. The molecule has 0 bridgehead atoms. The molecule has 5 rings (SSSR count). The van der Waals surface area contributed by atoms with Crippen LogP contribution in [-0.2, 0) is 9.47 Å². The summed E-state index contributed by atoms with van der Waals surface area (Å²) in [4.78, 5) is 11.6. The molecular weight excluding hydrogens is 352 g/mol. The Kier molecular flexibility index (Phi) is 5.01. The summed E-state index contributed by atoms with van der Waals surface area (Å²) in [5, 5.41) is 3.86. The number of nitrogens with one attached hydrogen (secondary N) is 1. The van der Waals surface area contributed by atoms with Gasteiger partial charge in [-0.1, -0.05) is 30.3 Å². The molecule has 1 N–H and O–H groups in total. The molecule has 1 saturated carbocycles. The van der Waals surface area contributed by atoms with E-state index in [0.29, 0.717) is 12.1 Å². The van der Waals surface area contributed by atoms with E-state index in [1.54, 1.807) is 0 Å². The van der Waals surface area contributed by atoms with Crippen LogP contribution in [-0.4, -0.2) is 54.1 Å². The second-order valence-electron chi connectivity index (χ2n) is 8.09. The van der Waals surface area contributed by atoms with Crippen LogP contribution in [0, 0.1) is 0 Å². The zero-order valence-corrected chi connectivity index (χ0v) is 16.2. The number of ether oxygens (including phenoxy) is 2. The first kappa shape index (κ1) is 18.0. The van der Waals surface area contributed by atoms with Crippen LogP contribution >= 0.6 is 0 Å². The average molecular weight is 380 g/mol. The third-order valence-electron chi connectivity index (χ3n) is 6.22. The third kappa shape index (κ3) is 3.77. The van der Waals surface area contributed by atoms with E-state index >= 15 is 0 Å². The Morgan fingerprint density at radius 1 is 0.964 bits per heavy atom. The Balaban J connectivity index is 1.18. The molecule has 1 atom stereocenters. The van der Waals surface area contributed by atoms with Crippen LogP contribution in [0.4, 0.5) is 5.95 Å². The maximum Gasteiger partial charge on any atom is 0.225 e. The van der Waals surface area contributed by atoms with Crippen molar-refractivity contribution in [1.29, 1.82) is 0 Å². The minimum atomic E-state index is -0.272. The van der Waals surface area contributed by atoms with Gasteiger partial charge in [-0.2, -0.15) is 0 Å². The van der Waals surface area contributed by atoms with Crippen LogP contribution in [0.15, 0.2) is 42.6 Å². The largest absolute Gasteiger partial charge is 0.348 e. The highest BCUT2D eigenvalue weighted by Crippen LogP contribution is 2.36. The normalized spacial score (nSPS) is 24.9. The van der Waals surface area contributed by atoms with Gasteiger partial charge in [-0.25, -0.2) is 9.97 Å². The average Bonchev–Trinajstić information content (AvgIpc) is 3.41. The number of hydrogen-bond donors (Lipinski definition) is 1. The van der Waals surface area contributed by atoms with Gasteiger partial charge in [-0.15, -0.1) is 0 Å². The first-order valence-corrected chi connectivity index (χ1v) is 10.5. The molecule has 1 aromatic carbocycles. The minimum absolute atomic E-state index is 0.272. The molecule has 6 nitrogen and oxygen atoms in total. The van der Waals surface area contributed by atoms with Crippen LogP contribution in [0.2, 0.25) is 0 Å². The second kappa shape index (κ2) is 7.78. The molecule has 1 aliphatic carbocycles. The van der Waals surface area contributed by atoms with Gasteiger partial charge in [-0.05, 0) is 25.3 Å². The number of aromatic nitrogens is 2. The Bertz CT molecular complexity index is 784. The van der Waals surface area contributed by atoms with E-state index in [0.717, 1.165) is 75.6 Å². The molecule has 3 fully saturated rings. The fraction of sp³-hybridized carbons (Fsp3) is 0.545. The van der Waals surface area contributed by atoms with E-state index in [2.05, 4.69) is 27.3 Å². The van der Waals surface area contributed by atoms with Crippen molar-refractivity contribution in [3.63, 3.8) is 0 Å². The summed E-state index contributed by atoms with van der Waals surface area (Å²) in [5.74, 6) is 0.562. The maximum absolute atomic E-state index is 5.85. The SMILES string of the molecule is c1ccc(-c2ccnc(N3CCC(NC4CCC5(CC4)OCCO5)C3)n2)cc1. The zero-order valence-electron chi connectivity index (χ0n) is 16.2. The fourth-order valence-electron chi connectivity index (χ4n) is 4.69. The van der Waals surface area contributed by atoms with Crippen molar-refractivity contribution in [2.75, 3.05) is 31.2 Å². The second-order valence-corrected chi connectivity index (χ2v) is 8.09. The molecule has 0 radical (unpaired) electrons. The maximum atomic E-state index is 5.85. The lowest BCUT2D eigenvalue weighted by molar-refractivity contribution is -0.179. The molecule has 3 heterocycles. The van der Waals surface area contributed by atoms with Crippen molar-refractivity contribution in [3.05, 3.63) is 42.6 Å². The smallest absolute Gasteiger partial charge is 0.225 e.